The number of aromatic nitrogens is 1. The largest absolute Gasteiger partial charge is 0.495 e. The number of hydrogen-bond donors (Lipinski definition) is 0. The SMILES string of the molecule is COc1ccccc1N1CCN(CCCCCc2nc3ccccc3s2)CC1. The zero-order chi connectivity index (χ0) is 19.2. The van der Waals surface area contributed by atoms with E-state index >= 15 is 0 Å². The summed E-state index contributed by atoms with van der Waals surface area (Å²) in [7, 11) is 1.75. The van der Waals surface area contributed by atoms with Crippen LogP contribution < -0.4 is 9.64 Å². The molecule has 4 rings (SSSR count). The van der Waals surface area contributed by atoms with Crippen molar-refractivity contribution < 1.29 is 4.74 Å². The Bertz CT molecular complexity index is 853. The Kier molecular flexibility index (Phi) is 6.45. The summed E-state index contributed by atoms with van der Waals surface area (Å²) < 4.78 is 6.82. The second kappa shape index (κ2) is 9.39. The lowest BCUT2D eigenvalue weighted by molar-refractivity contribution is 0.251. The number of piperazine rings is 1. The predicted molar refractivity (Wildman–Crippen MR) is 119 cm³/mol. The van der Waals surface area contributed by atoms with Crippen molar-refractivity contribution >= 4 is 27.2 Å². The Labute approximate surface area is 171 Å². The van der Waals surface area contributed by atoms with E-state index in [0.717, 1.165) is 43.9 Å². The molecule has 28 heavy (non-hydrogen) atoms. The molecule has 0 radical (unpaired) electrons. The van der Waals surface area contributed by atoms with Crippen LogP contribution in [0.3, 0.4) is 0 Å². The third-order valence-electron chi connectivity index (χ3n) is 5.50. The average molecular weight is 396 g/mol. The second-order valence-electron chi connectivity index (χ2n) is 7.39. The first kappa shape index (κ1) is 19.2. The molecule has 3 aromatic rings. The number of rotatable bonds is 8. The van der Waals surface area contributed by atoms with Crippen molar-refractivity contribution in [2.45, 2.75) is 25.7 Å². The second-order valence-corrected chi connectivity index (χ2v) is 8.50. The molecule has 0 amide bonds. The maximum Gasteiger partial charge on any atom is 0.142 e. The van der Waals surface area contributed by atoms with Gasteiger partial charge in [0, 0.05) is 26.2 Å². The number of ether oxygens (including phenoxy) is 1. The summed E-state index contributed by atoms with van der Waals surface area (Å²) in [4.78, 5) is 9.79. The molecule has 0 spiro atoms. The number of hydrogen-bond acceptors (Lipinski definition) is 5. The van der Waals surface area contributed by atoms with Crippen LogP contribution in [0.4, 0.5) is 5.69 Å². The van der Waals surface area contributed by atoms with Gasteiger partial charge in [0.2, 0.25) is 0 Å². The number of unbranched alkanes of at least 4 members (excludes halogenated alkanes) is 2. The molecule has 1 aliphatic heterocycles. The number of anilines is 1. The molecule has 0 atom stereocenters. The fourth-order valence-electron chi connectivity index (χ4n) is 3.92. The fraction of sp³-hybridized carbons (Fsp3) is 0.435. The molecule has 2 heterocycles. The van der Waals surface area contributed by atoms with E-state index in [2.05, 4.69) is 46.2 Å². The van der Waals surface area contributed by atoms with Gasteiger partial charge in [0.15, 0.2) is 0 Å². The lowest BCUT2D eigenvalue weighted by Crippen LogP contribution is -2.46. The van der Waals surface area contributed by atoms with Crippen molar-refractivity contribution in [2.24, 2.45) is 0 Å². The molecule has 148 valence electrons. The molecule has 1 aliphatic rings. The Morgan fingerprint density at radius 3 is 2.54 bits per heavy atom. The molecule has 0 unspecified atom stereocenters. The van der Waals surface area contributed by atoms with E-state index in [-0.39, 0.29) is 0 Å². The van der Waals surface area contributed by atoms with E-state index in [1.54, 1.807) is 7.11 Å². The lowest BCUT2D eigenvalue weighted by Gasteiger charge is -2.36. The first-order valence-electron chi connectivity index (χ1n) is 10.3. The maximum absolute atomic E-state index is 5.51. The molecule has 2 aromatic carbocycles. The van der Waals surface area contributed by atoms with E-state index in [1.807, 2.05) is 23.5 Å². The van der Waals surface area contributed by atoms with Gasteiger partial charge in [0.25, 0.3) is 0 Å². The van der Waals surface area contributed by atoms with Gasteiger partial charge in [-0.2, -0.15) is 0 Å². The van der Waals surface area contributed by atoms with E-state index < -0.39 is 0 Å². The average Bonchev–Trinajstić information content (AvgIpc) is 3.17. The molecule has 5 heteroatoms. The van der Waals surface area contributed by atoms with Crippen LogP contribution in [-0.4, -0.2) is 49.7 Å². The van der Waals surface area contributed by atoms with Crippen molar-refractivity contribution in [3.05, 3.63) is 53.5 Å². The Morgan fingerprint density at radius 2 is 1.71 bits per heavy atom. The lowest BCUT2D eigenvalue weighted by atomic mass is 10.1. The predicted octanol–water partition coefficient (Wildman–Crippen LogP) is 4.84. The van der Waals surface area contributed by atoms with Crippen molar-refractivity contribution in [3.63, 3.8) is 0 Å². The van der Waals surface area contributed by atoms with E-state index in [0.29, 0.717) is 0 Å². The van der Waals surface area contributed by atoms with E-state index in [9.17, 15) is 0 Å². The van der Waals surface area contributed by atoms with Crippen LogP contribution in [0.15, 0.2) is 48.5 Å². The molecule has 0 saturated carbocycles. The first-order valence-corrected chi connectivity index (χ1v) is 11.1. The summed E-state index contributed by atoms with van der Waals surface area (Å²) in [5.74, 6) is 0.978. The minimum atomic E-state index is 0.978. The molecule has 1 aromatic heterocycles. The van der Waals surface area contributed by atoms with E-state index in [4.69, 9.17) is 9.72 Å². The highest BCUT2D eigenvalue weighted by atomic mass is 32.1. The van der Waals surface area contributed by atoms with Crippen LogP contribution in [0.1, 0.15) is 24.3 Å². The number of thiazole rings is 1. The first-order chi connectivity index (χ1) is 13.8. The normalized spacial score (nSPS) is 15.2. The smallest absolute Gasteiger partial charge is 0.142 e. The summed E-state index contributed by atoms with van der Waals surface area (Å²) >= 11 is 1.85. The third-order valence-corrected chi connectivity index (χ3v) is 6.60. The van der Waals surface area contributed by atoms with Crippen LogP contribution in [0, 0.1) is 0 Å². The van der Waals surface area contributed by atoms with Crippen LogP contribution in [0.5, 0.6) is 5.75 Å². The van der Waals surface area contributed by atoms with Crippen molar-refractivity contribution in [1.82, 2.24) is 9.88 Å². The molecule has 0 bridgehead atoms. The minimum absolute atomic E-state index is 0.978. The maximum atomic E-state index is 5.51. The minimum Gasteiger partial charge on any atom is -0.495 e. The fourth-order valence-corrected chi connectivity index (χ4v) is 4.93. The van der Waals surface area contributed by atoms with Gasteiger partial charge in [-0.1, -0.05) is 30.7 Å². The van der Waals surface area contributed by atoms with Crippen LogP contribution >= 0.6 is 11.3 Å². The highest BCUT2D eigenvalue weighted by Crippen LogP contribution is 2.28. The summed E-state index contributed by atoms with van der Waals surface area (Å²) in [6.45, 7) is 5.63. The van der Waals surface area contributed by atoms with Gasteiger partial charge in [0.05, 0.1) is 28.0 Å². The molecule has 0 aliphatic carbocycles. The summed E-state index contributed by atoms with van der Waals surface area (Å²) in [6, 6.07) is 16.8. The summed E-state index contributed by atoms with van der Waals surface area (Å²) in [6.07, 6.45) is 4.91. The van der Waals surface area contributed by atoms with Gasteiger partial charge < -0.3 is 9.64 Å². The number of methoxy groups -OCH3 is 1. The Morgan fingerprint density at radius 1 is 0.929 bits per heavy atom. The van der Waals surface area contributed by atoms with Crippen LogP contribution in [-0.2, 0) is 6.42 Å². The van der Waals surface area contributed by atoms with Gasteiger partial charge in [-0.05, 0) is 50.1 Å². The molecule has 4 nitrogen and oxygen atoms in total. The number of fused-ring (bicyclic) bond motifs is 1. The zero-order valence-corrected chi connectivity index (χ0v) is 17.5. The van der Waals surface area contributed by atoms with Crippen LogP contribution in [0.25, 0.3) is 10.2 Å². The summed E-state index contributed by atoms with van der Waals surface area (Å²) in [5.41, 5.74) is 2.37. The number of para-hydroxylation sites is 3. The molecule has 1 fully saturated rings. The Hall–Kier alpha value is -2.11. The standard InChI is InChI=1S/C23H29N3OS/c1-27-21-11-6-5-10-20(21)26-17-15-25(16-18-26)14-8-2-3-13-23-24-19-9-4-7-12-22(19)28-23/h4-7,9-12H,2-3,8,13-18H2,1H3. The number of aryl methyl sites for hydroxylation is 1. The van der Waals surface area contributed by atoms with E-state index in [1.165, 1.54) is 41.2 Å². The molecule has 0 N–H and O–H groups in total. The Balaban J connectivity index is 1.16. The van der Waals surface area contributed by atoms with Crippen molar-refractivity contribution in [1.29, 1.82) is 0 Å². The quantitative estimate of drug-likeness (QED) is 0.510. The van der Waals surface area contributed by atoms with Crippen LogP contribution in [0.2, 0.25) is 0 Å². The van der Waals surface area contributed by atoms with Gasteiger partial charge in [-0.3, -0.25) is 4.90 Å². The highest BCUT2D eigenvalue weighted by molar-refractivity contribution is 7.18. The van der Waals surface area contributed by atoms with Gasteiger partial charge >= 0.3 is 0 Å². The monoisotopic (exact) mass is 395 g/mol. The molecular weight excluding hydrogens is 366 g/mol. The van der Waals surface area contributed by atoms with Gasteiger partial charge in [-0.25, -0.2) is 4.98 Å². The van der Waals surface area contributed by atoms with Gasteiger partial charge in [-0.15, -0.1) is 11.3 Å². The summed E-state index contributed by atoms with van der Waals surface area (Å²) in [5, 5.41) is 1.28. The molecular formula is C23H29N3OS. The van der Waals surface area contributed by atoms with Gasteiger partial charge in [0.1, 0.15) is 5.75 Å². The molecule has 1 saturated heterocycles. The number of benzene rings is 2. The zero-order valence-electron chi connectivity index (χ0n) is 16.6. The van der Waals surface area contributed by atoms with Crippen molar-refractivity contribution in [3.8, 4) is 5.75 Å². The highest BCUT2D eigenvalue weighted by Gasteiger charge is 2.19. The number of nitrogens with zero attached hydrogens (tertiary/aromatic N) is 3. The third kappa shape index (κ3) is 4.65. The topological polar surface area (TPSA) is 28.6 Å². The van der Waals surface area contributed by atoms with Crippen molar-refractivity contribution in [2.75, 3.05) is 44.7 Å².